The summed E-state index contributed by atoms with van der Waals surface area (Å²) in [7, 11) is -2.01. The molecular formula is C21H30N4O2S. The molecule has 6 nitrogen and oxygen atoms in total. The van der Waals surface area contributed by atoms with Crippen molar-refractivity contribution in [2.45, 2.75) is 44.7 Å². The molecule has 1 unspecified atom stereocenters. The molecule has 0 aromatic heterocycles. The summed E-state index contributed by atoms with van der Waals surface area (Å²) in [5.41, 5.74) is 3.31. The second-order valence-electron chi connectivity index (χ2n) is 7.32. The minimum Gasteiger partial charge on any atom is -0.352 e. The Morgan fingerprint density at radius 3 is 2.32 bits per heavy atom. The number of sulfonamides is 1. The van der Waals surface area contributed by atoms with Crippen LogP contribution < -0.4 is 15.8 Å². The number of nitrogens with zero attached hydrogens (tertiary/aromatic N) is 1. The molecule has 0 saturated carbocycles. The Morgan fingerprint density at radius 2 is 1.75 bits per heavy atom. The summed E-state index contributed by atoms with van der Waals surface area (Å²) in [5.74, 6) is 1.27. The summed E-state index contributed by atoms with van der Waals surface area (Å²) in [6.45, 7) is 6.94. The minimum atomic E-state index is -3.71. The summed E-state index contributed by atoms with van der Waals surface area (Å²) in [5, 5.41) is 11.8. The van der Waals surface area contributed by atoms with Gasteiger partial charge in [0.2, 0.25) is 10.0 Å². The normalized spacial score (nSPS) is 13.4. The zero-order valence-electron chi connectivity index (χ0n) is 16.9. The fourth-order valence-corrected chi connectivity index (χ4v) is 3.50. The van der Waals surface area contributed by atoms with Crippen LogP contribution in [0.3, 0.4) is 0 Å². The molecule has 7 heteroatoms. The monoisotopic (exact) mass is 402 g/mol. The van der Waals surface area contributed by atoms with E-state index in [2.05, 4.69) is 60.7 Å². The lowest BCUT2D eigenvalue weighted by atomic mass is 10.00. The van der Waals surface area contributed by atoms with Gasteiger partial charge in [-0.1, -0.05) is 50.2 Å². The number of hydrogen-bond donors (Lipinski definition) is 3. The topological polar surface area (TPSA) is 96.6 Å². The van der Waals surface area contributed by atoms with Gasteiger partial charge in [-0.3, -0.25) is 4.99 Å². The van der Waals surface area contributed by atoms with Gasteiger partial charge in [-0.15, -0.1) is 0 Å². The fourth-order valence-electron chi connectivity index (χ4n) is 2.92. The quantitative estimate of drug-likeness (QED) is 0.490. The minimum absolute atomic E-state index is 0.0788. The second kappa shape index (κ2) is 9.71. The molecule has 0 bridgehead atoms. The highest BCUT2D eigenvalue weighted by molar-refractivity contribution is 7.89. The first-order chi connectivity index (χ1) is 13.2. The van der Waals surface area contributed by atoms with Crippen molar-refractivity contribution in [2.75, 3.05) is 7.05 Å². The Labute approximate surface area is 168 Å². The number of nitrogens with two attached hydrogens (primary N) is 1. The summed E-state index contributed by atoms with van der Waals surface area (Å²) >= 11 is 0. The Hall–Kier alpha value is -2.38. The molecule has 2 aromatic carbocycles. The van der Waals surface area contributed by atoms with E-state index in [4.69, 9.17) is 5.14 Å². The molecule has 0 aliphatic rings. The third-order valence-electron chi connectivity index (χ3n) is 4.39. The average molecular weight is 403 g/mol. The van der Waals surface area contributed by atoms with E-state index in [1.165, 1.54) is 17.2 Å². The number of aliphatic imine (C=N–C) groups is 1. The molecule has 0 radical (unpaired) electrons. The maximum Gasteiger partial charge on any atom is 0.238 e. The van der Waals surface area contributed by atoms with Gasteiger partial charge in [0.05, 0.1) is 10.9 Å². The standard InChI is InChI=1S/C21H30N4O2S/c1-15(2)12-17-8-10-19(11-9-17)16(3)25-21(23-4)24-14-18-6-5-7-20(13-18)28(22,26)27/h5-11,13,15-16H,12,14H2,1-4H3,(H2,22,26,27)(H2,23,24,25). The van der Waals surface area contributed by atoms with E-state index in [9.17, 15) is 8.42 Å². The summed E-state index contributed by atoms with van der Waals surface area (Å²) in [6.07, 6.45) is 1.07. The van der Waals surface area contributed by atoms with Crippen molar-refractivity contribution in [2.24, 2.45) is 16.0 Å². The van der Waals surface area contributed by atoms with Crippen molar-refractivity contribution in [3.05, 3.63) is 65.2 Å². The first kappa shape index (κ1) is 21.9. The molecule has 28 heavy (non-hydrogen) atoms. The van der Waals surface area contributed by atoms with Crippen LogP contribution >= 0.6 is 0 Å². The highest BCUT2D eigenvalue weighted by Gasteiger charge is 2.10. The number of guanidine groups is 1. The van der Waals surface area contributed by atoms with Crippen molar-refractivity contribution < 1.29 is 8.42 Å². The van der Waals surface area contributed by atoms with Gasteiger partial charge in [-0.25, -0.2) is 13.6 Å². The Bertz CT molecular complexity index is 906. The molecular weight excluding hydrogens is 372 g/mol. The third kappa shape index (κ3) is 6.65. The van der Waals surface area contributed by atoms with Crippen LogP contribution in [0.15, 0.2) is 58.4 Å². The van der Waals surface area contributed by atoms with Gasteiger partial charge in [0, 0.05) is 13.6 Å². The zero-order valence-corrected chi connectivity index (χ0v) is 17.8. The van der Waals surface area contributed by atoms with Crippen LogP contribution in [0.1, 0.15) is 43.5 Å². The lowest BCUT2D eigenvalue weighted by Crippen LogP contribution is -2.38. The molecule has 1 atom stereocenters. The predicted octanol–water partition coefficient (Wildman–Crippen LogP) is 2.96. The van der Waals surface area contributed by atoms with Crippen LogP contribution in [-0.2, 0) is 23.0 Å². The smallest absolute Gasteiger partial charge is 0.238 e. The lowest BCUT2D eigenvalue weighted by molar-refractivity contribution is 0.597. The average Bonchev–Trinajstić information content (AvgIpc) is 2.64. The molecule has 2 rings (SSSR count). The van der Waals surface area contributed by atoms with Gasteiger partial charge in [0.1, 0.15) is 0 Å². The highest BCUT2D eigenvalue weighted by Crippen LogP contribution is 2.15. The van der Waals surface area contributed by atoms with E-state index < -0.39 is 10.0 Å². The molecule has 4 N–H and O–H groups in total. The molecule has 0 aliphatic carbocycles. The molecule has 0 spiro atoms. The molecule has 152 valence electrons. The Balaban J connectivity index is 1.97. The third-order valence-corrected chi connectivity index (χ3v) is 5.30. The van der Waals surface area contributed by atoms with E-state index in [-0.39, 0.29) is 10.9 Å². The van der Waals surface area contributed by atoms with Gasteiger partial charge in [0.15, 0.2) is 5.96 Å². The van der Waals surface area contributed by atoms with Crippen LogP contribution in [0.2, 0.25) is 0 Å². The van der Waals surface area contributed by atoms with Crippen LogP contribution in [0, 0.1) is 5.92 Å². The molecule has 0 aliphatic heterocycles. The van der Waals surface area contributed by atoms with Crippen molar-refractivity contribution in [3.63, 3.8) is 0 Å². The first-order valence-corrected chi connectivity index (χ1v) is 10.9. The van der Waals surface area contributed by atoms with Crippen LogP contribution in [0.25, 0.3) is 0 Å². The lowest BCUT2D eigenvalue weighted by Gasteiger charge is -2.19. The number of rotatable bonds is 7. The number of benzene rings is 2. The fraction of sp³-hybridized carbons (Fsp3) is 0.381. The van der Waals surface area contributed by atoms with E-state index in [0.29, 0.717) is 18.4 Å². The highest BCUT2D eigenvalue weighted by atomic mass is 32.2. The van der Waals surface area contributed by atoms with Gasteiger partial charge in [-0.2, -0.15) is 0 Å². The molecule has 0 heterocycles. The SMILES string of the molecule is CN=C(NCc1cccc(S(N)(=O)=O)c1)NC(C)c1ccc(CC(C)C)cc1. The number of nitrogens with one attached hydrogen (secondary N) is 2. The van der Waals surface area contributed by atoms with E-state index >= 15 is 0 Å². The number of primary sulfonamides is 1. The molecule has 0 fully saturated rings. The van der Waals surface area contributed by atoms with Crippen molar-refractivity contribution >= 4 is 16.0 Å². The van der Waals surface area contributed by atoms with Gasteiger partial charge < -0.3 is 10.6 Å². The predicted molar refractivity (Wildman–Crippen MR) is 115 cm³/mol. The van der Waals surface area contributed by atoms with Crippen LogP contribution in [0.5, 0.6) is 0 Å². The molecule has 0 saturated heterocycles. The zero-order chi connectivity index (χ0) is 20.7. The maximum absolute atomic E-state index is 11.5. The second-order valence-corrected chi connectivity index (χ2v) is 8.89. The van der Waals surface area contributed by atoms with Gasteiger partial charge in [-0.05, 0) is 48.1 Å². The van der Waals surface area contributed by atoms with Crippen LogP contribution in [0.4, 0.5) is 0 Å². The summed E-state index contributed by atoms with van der Waals surface area (Å²) in [6, 6.07) is 15.3. The van der Waals surface area contributed by atoms with E-state index in [0.717, 1.165) is 12.0 Å². The Kier molecular flexibility index (Phi) is 7.60. The van der Waals surface area contributed by atoms with Crippen LogP contribution in [-0.4, -0.2) is 21.4 Å². The van der Waals surface area contributed by atoms with E-state index in [1.807, 2.05) is 6.07 Å². The van der Waals surface area contributed by atoms with Gasteiger partial charge in [0.25, 0.3) is 0 Å². The van der Waals surface area contributed by atoms with E-state index in [1.54, 1.807) is 19.2 Å². The first-order valence-electron chi connectivity index (χ1n) is 9.37. The Morgan fingerprint density at radius 1 is 1.07 bits per heavy atom. The van der Waals surface area contributed by atoms with Crippen molar-refractivity contribution in [1.82, 2.24) is 10.6 Å². The largest absolute Gasteiger partial charge is 0.352 e. The summed E-state index contributed by atoms with van der Waals surface area (Å²) < 4.78 is 23.0. The maximum atomic E-state index is 11.5. The van der Waals surface area contributed by atoms with Crippen molar-refractivity contribution in [3.8, 4) is 0 Å². The number of hydrogen-bond acceptors (Lipinski definition) is 3. The molecule has 2 aromatic rings. The summed E-state index contributed by atoms with van der Waals surface area (Å²) in [4.78, 5) is 4.35. The van der Waals surface area contributed by atoms with Gasteiger partial charge >= 0.3 is 0 Å². The van der Waals surface area contributed by atoms with Crippen molar-refractivity contribution in [1.29, 1.82) is 0 Å². The molecule has 0 amide bonds.